The molecule has 1 amide bonds. The number of amidine groups is 1. The summed E-state index contributed by atoms with van der Waals surface area (Å²) in [6.45, 7) is 5.95. The van der Waals surface area contributed by atoms with Crippen LogP contribution in [-0.4, -0.2) is 68.6 Å². The first-order valence-corrected chi connectivity index (χ1v) is 15.7. The lowest BCUT2D eigenvalue weighted by Crippen LogP contribution is -2.51. The van der Waals surface area contributed by atoms with Crippen molar-refractivity contribution >= 4 is 21.8 Å². The van der Waals surface area contributed by atoms with Crippen LogP contribution in [0.5, 0.6) is 5.88 Å². The van der Waals surface area contributed by atoms with Gasteiger partial charge in [-0.15, -0.1) is 0 Å². The van der Waals surface area contributed by atoms with Gasteiger partial charge in [-0.05, 0) is 80.7 Å². The molecule has 0 radical (unpaired) electrons. The molecule has 1 spiro atoms. The van der Waals surface area contributed by atoms with Crippen LogP contribution in [0.25, 0.3) is 5.69 Å². The highest BCUT2D eigenvalue weighted by Gasteiger charge is 2.48. The number of nitrogens with zero attached hydrogens (tertiary/aromatic N) is 3. The molecule has 11 nitrogen and oxygen atoms in total. The maximum atomic E-state index is 13.3. The van der Waals surface area contributed by atoms with Gasteiger partial charge in [-0.3, -0.25) is 9.79 Å². The molecule has 1 aromatic carbocycles. The molecule has 1 saturated carbocycles. The molecule has 12 heteroatoms. The number of aliphatic hydroxyl groups is 1. The van der Waals surface area contributed by atoms with E-state index >= 15 is 0 Å². The number of benzene rings is 1. The number of aromatic amines is 1. The summed E-state index contributed by atoms with van der Waals surface area (Å²) in [4.78, 5) is 32.6. The van der Waals surface area contributed by atoms with E-state index in [1.807, 2.05) is 13.8 Å². The number of aliphatic hydroxyl groups excluding tert-OH is 1. The van der Waals surface area contributed by atoms with Crippen molar-refractivity contribution in [3.8, 4) is 11.6 Å². The summed E-state index contributed by atoms with van der Waals surface area (Å²) in [6.07, 6.45) is 5.38. The topological polar surface area (TPSA) is 157 Å². The molecule has 2 aromatic rings. The van der Waals surface area contributed by atoms with Gasteiger partial charge < -0.3 is 20.5 Å². The number of carbonyl (C=O) groups excluding carboxylic acids is 1. The summed E-state index contributed by atoms with van der Waals surface area (Å²) < 4.78 is 29.2. The molecule has 1 aliphatic carbocycles. The molecule has 3 aliphatic rings. The fourth-order valence-corrected chi connectivity index (χ4v) is 7.88. The number of imidazole rings is 1. The van der Waals surface area contributed by atoms with E-state index in [0.29, 0.717) is 30.9 Å². The minimum absolute atomic E-state index is 0.0272. The zero-order valence-electron chi connectivity index (χ0n) is 23.4. The Morgan fingerprint density at radius 3 is 2.27 bits per heavy atom. The number of aromatic nitrogens is 2. The maximum absolute atomic E-state index is 13.3. The van der Waals surface area contributed by atoms with E-state index in [2.05, 4.69) is 17.2 Å². The monoisotopic (exact) mass is 573 g/mol. The summed E-state index contributed by atoms with van der Waals surface area (Å²) in [5.74, 6) is 1.26. The number of nitrogens with one attached hydrogen (secondary N) is 2. The van der Waals surface area contributed by atoms with Crippen LogP contribution in [0.2, 0.25) is 0 Å². The number of amides is 1. The minimum atomic E-state index is -3.57. The SMILES string of the molecule is Cc1cc(-n2c(O)c(CO)[nH]c2=O)cc(C)c1CCS(=O)(=O)N1CCC2(CC1)N=C(C1CCC(C)CC1)NC2=O. The van der Waals surface area contributed by atoms with Crippen LogP contribution >= 0.6 is 0 Å². The molecule has 2 aliphatic heterocycles. The molecule has 3 heterocycles. The summed E-state index contributed by atoms with van der Waals surface area (Å²) in [5.41, 5.74) is 1.48. The van der Waals surface area contributed by atoms with Crippen molar-refractivity contribution in [3.63, 3.8) is 0 Å². The molecule has 1 saturated heterocycles. The Labute approximate surface area is 234 Å². The maximum Gasteiger partial charge on any atom is 0.333 e. The highest BCUT2D eigenvalue weighted by atomic mass is 32.2. The molecule has 0 atom stereocenters. The number of hydrogen-bond acceptors (Lipinski definition) is 7. The van der Waals surface area contributed by atoms with Gasteiger partial charge in [0.25, 0.3) is 5.91 Å². The Kier molecular flexibility index (Phi) is 7.71. The van der Waals surface area contributed by atoms with E-state index in [-0.39, 0.29) is 42.2 Å². The molecule has 5 rings (SSSR count). The van der Waals surface area contributed by atoms with E-state index in [0.717, 1.165) is 52.8 Å². The molecule has 218 valence electrons. The lowest BCUT2D eigenvalue weighted by atomic mass is 9.82. The fraction of sp³-hybridized carbons (Fsp3) is 0.607. The number of piperidine rings is 1. The van der Waals surface area contributed by atoms with Gasteiger partial charge in [0, 0.05) is 19.0 Å². The molecular formula is C28H39N5O6S. The second kappa shape index (κ2) is 10.8. The largest absolute Gasteiger partial charge is 0.493 e. The Bertz CT molecular complexity index is 1470. The number of aliphatic imine (C=N–C) groups is 1. The molecular weight excluding hydrogens is 534 g/mol. The van der Waals surface area contributed by atoms with E-state index in [9.17, 15) is 28.2 Å². The number of sulfonamides is 1. The van der Waals surface area contributed by atoms with Gasteiger partial charge in [-0.1, -0.05) is 19.8 Å². The van der Waals surface area contributed by atoms with Gasteiger partial charge in [0.05, 0.1) is 18.0 Å². The summed E-state index contributed by atoms with van der Waals surface area (Å²) in [5, 5.41) is 22.7. The third-order valence-electron chi connectivity index (χ3n) is 8.99. The van der Waals surface area contributed by atoms with Gasteiger partial charge in [0.1, 0.15) is 17.1 Å². The minimum Gasteiger partial charge on any atom is -0.493 e. The fourth-order valence-electron chi connectivity index (χ4n) is 6.42. The van der Waals surface area contributed by atoms with Crippen molar-refractivity contribution in [2.75, 3.05) is 18.8 Å². The zero-order valence-corrected chi connectivity index (χ0v) is 24.2. The average Bonchev–Trinajstić information content (AvgIpc) is 3.38. The molecule has 2 fully saturated rings. The Hall–Kier alpha value is -2.96. The number of carbonyl (C=O) groups is 1. The molecule has 4 N–H and O–H groups in total. The van der Waals surface area contributed by atoms with Gasteiger partial charge in [0.2, 0.25) is 15.9 Å². The van der Waals surface area contributed by atoms with Gasteiger partial charge in [-0.25, -0.2) is 22.1 Å². The molecule has 40 heavy (non-hydrogen) atoms. The smallest absolute Gasteiger partial charge is 0.333 e. The van der Waals surface area contributed by atoms with Crippen molar-refractivity contribution in [1.29, 1.82) is 0 Å². The lowest BCUT2D eigenvalue weighted by Gasteiger charge is -2.34. The predicted molar refractivity (Wildman–Crippen MR) is 151 cm³/mol. The van der Waals surface area contributed by atoms with Crippen LogP contribution in [0.15, 0.2) is 21.9 Å². The molecule has 0 unspecified atom stereocenters. The Balaban J connectivity index is 1.24. The second-order valence-corrected chi connectivity index (χ2v) is 13.8. The van der Waals surface area contributed by atoms with E-state index in [1.165, 1.54) is 4.31 Å². The number of rotatable bonds is 7. The second-order valence-electron chi connectivity index (χ2n) is 11.7. The Morgan fingerprint density at radius 1 is 1.07 bits per heavy atom. The quantitative estimate of drug-likeness (QED) is 0.397. The number of aromatic hydroxyl groups is 1. The van der Waals surface area contributed by atoms with Crippen LogP contribution in [0, 0.1) is 25.7 Å². The van der Waals surface area contributed by atoms with Crippen LogP contribution < -0.4 is 11.0 Å². The van der Waals surface area contributed by atoms with Crippen LogP contribution in [0.3, 0.4) is 0 Å². The van der Waals surface area contributed by atoms with Crippen molar-refractivity contribution < 1.29 is 23.4 Å². The summed E-state index contributed by atoms with van der Waals surface area (Å²) >= 11 is 0. The Morgan fingerprint density at radius 2 is 1.70 bits per heavy atom. The van der Waals surface area contributed by atoms with Crippen molar-refractivity contribution in [2.24, 2.45) is 16.8 Å². The average molecular weight is 574 g/mol. The van der Waals surface area contributed by atoms with E-state index < -0.39 is 27.9 Å². The van der Waals surface area contributed by atoms with Crippen molar-refractivity contribution in [1.82, 2.24) is 19.2 Å². The van der Waals surface area contributed by atoms with Crippen LogP contribution in [0.1, 0.15) is 67.8 Å². The first-order chi connectivity index (χ1) is 18.9. The normalized spacial score (nSPS) is 23.4. The van der Waals surface area contributed by atoms with E-state index in [4.69, 9.17) is 4.99 Å². The van der Waals surface area contributed by atoms with Gasteiger partial charge >= 0.3 is 5.69 Å². The lowest BCUT2D eigenvalue weighted by molar-refractivity contribution is -0.125. The van der Waals surface area contributed by atoms with Crippen molar-refractivity contribution in [2.45, 2.75) is 77.9 Å². The molecule has 0 bridgehead atoms. The van der Waals surface area contributed by atoms with E-state index in [1.54, 1.807) is 12.1 Å². The first-order valence-electron chi connectivity index (χ1n) is 14.1. The summed E-state index contributed by atoms with van der Waals surface area (Å²) in [7, 11) is -3.57. The highest BCUT2D eigenvalue weighted by molar-refractivity contribution is 7.89. The van der Waals surface area contributed by atoms with Crippen LogP contribution in [-0.2, 0) is 27.8 Å². The standard InChI is InChI=1S/C28H39N5O6S/c1-17-4-6-20(7-5-17)24-30-26(36)28(31-24)9-11-32(12-10-28)40(38,39)13-8-22-18(2)14-21(15-19(22)3)33-25(35)23(16-34)29-27(33)37/h14-15,17,20,34-35H,4-13,16H2,1-3H3,(H,29,37)(H,30,31,36). The summed E-state index contributed by atoms with van der Waals surface area (Å²) in [6, 6.07) is 3.44. The highest BCUT2D eigenvalue weighted by Crippen LogP contribution is 2.36. The van der Waals surface area contributed by atoms with Crippen molar-refractivity contribution in [3.05, 3.63) is 45.0 Å². The van der Waals surface area contributed by atoms with Crippen LogP contribution in [0.4, 0.5) is 0 Å². The van der Waals surface area contributed by atoms with Gasteiger partial charge in [0.15, 0.2) is 0 Å². The predicted octanol–water partition coefficient (Wildman–Crippen LogP) is 2.04. The number of H-pyrrole nitrogens is 1. The third kappa shape index (κ3) is 5.24. The van der Waals surface area contributed by atoms with Gasteiger partial charge in [-0.2, -0.15) is 0 Å². The number of hydrogen-bond donors (Lipinski definition) is 4. The first kappa shape index (κ1) is 28.6. The molecule has 1 aromatic heterocycles. The number of aryl methyl sites for hydroxylation is 2. The zero-order chi connectivity index (χ0) is 28.8. The third-order valence-corrected chi connectivity index (χ3v) is 10.9.